The average Bonchev–Trinajstić information content (AvgIpc) is 3.13. The zero-order valence-electron chi connectivity index (χ0n) is 13.1. The SMILES string of the molecule is CCN(Cc1ccccc1)c1ccc(C=Nn2cnnc2)cc1. The van der Waals surface area contributed by atoms with Crippen molar-refractivity contribution in [1.29, 1.82) is 0 Å². The minimum Gasteiger partial charge on any atom is -0.367 e. The minimum atomic E-state index is 0.908. The van der Waals surface area contributed by atoms with Crippen molar-refractivity contribution in [3.63, 3.8) is 0 Å². The molecule has 0 saturated heterocycles. The van der Waals surface area contributed by atoms with E-state index in [0.29, 0.717) is 0 Å². The summed E-state index contributed by atoms with van der Waals surface area (Å²) in [7, 11) is 0. The Bertz CT molecular complexity index is 733. The molecule has 116 valence electrons. The Hall–Kier alpha value is -2.95. The number of nitrogens with zero attached hydrogens (tertiary/aromatic N) is 5. The quantitative estimate of drug-likeness (QED) is 0.657. The Balaban J connectivity index is 1.70. The Morgan fingerprint density at radius 2 is 1.70 bits per heavy atom. The number of rotatable bonds is 6. The molecule has 3 rings (SSSR count). The average molecular weight is 305 g/mol. The zero-order valence-corrected chi connectivity index (χ0v) is 13.1. The van der Waals surface area contributed by atoms with E-state index in [1.807, 2.05) is 6.07 Å². The van der Waals surface area contributed by atoms with Crippen LogP contribution < -0.4 is 4.90 Å². The third-order valence-corrected chi connectivity index (χ3v) is 3.60. The lowest BCUT2D eigenvalue weighted by molar-refractivity contribution is 0.832. The molecule has 0 bridgehead atoms. The lowest BCUT2D eigenvalue weighted by atomic mass is 10.1. The molecule has 0 aliphatic heterocycles. The molecule has 3 aromatic rings. The van der Waals surface area contributed by atoms with Gasteiger partial charge in [0.2, 0.25) is 0 Å². The lowest BCUT2D eigenvalue weighted by Gasteiger charge is -2.23. The highest BCUT2D eigenvalue weighted by molar-refractivity contribution is 5.80. The van der Waals surface area contributed by atoms with Crippen molar-refractivity contribution in [2.45, 2.75) is 13.5 Å². The van der Waals surface area contributed by atoms with Crippen LogP contribution in [0.3, 0.4) is 0 Å². The minimum absolute atomic E-state index is 0.908. The summed E-state index contributed by atoms with van der Waals surface area (Å²) in [6.45, 7) is 4.04. The van der Waals surface area contributed by atoms with Crippen LogP contribution in [0, 0.1) is 0 Å². The Kier molecular flexibility index (Phi) is 4.79. The van der Waals surface area contributed by atoms with Crippen LogP contribution in [0.5, 0.6) is 0 Å². The third-order valence-electron chi connectivity index (χ3n) is 3.60. The van der Waals surface area contributed by atoms with Crippen molar-refractivity contribution >= 4 is 11.9 Å². The molecule has 0 fully saturated rings. The van der Waals surface area contributed by atoms with E-state index in [-0.39, 0.29) is 0 Å². The molecule has 0 aliphatic rings. The first kappa shape index (κ1) is 15.0. The van der Waals surface area contributed by atoms with Gasteiger partial charge in [0.15, 0.2) is 0 Å². The molecule has 0 unspecified atom stereocenters. The summed E-state index contributed by atoms with van der Waals surface area (Å²) in [6.07, 6.45) is 4.91. The number of hydrogen-bond donors (Lipinski definition) is 0. The summed E-state index contributed by atoms with van der Waals surface area (Å²) in [6, 6.07) is 18.9. The van der Waals surface area contributed by atoms with Crippen LogP contribution >= 0.6 is 0 Å². The molecule has 23 heavy (non-hydrogen) atoms. The normalized spacial score (nSPS) is 11.0. The topological polar surface area (TPSA) is 46.3 Å². The summed E-state index contributed by atoms with van der Waals surface area (Å²) >= 11 is 0. The van der Waals surface area contributed by atoms with Crippen LogP contribution in [0.15, 0.2) is 72.4 Å². The molecular weight excluding hydrogens is 286 g/mol. The van der Waals surface area contributed by atoms with Crippen LogP contribution in [0.2, 0.25) is 0 Å². The third kappa shape index (κ3) is 4.03. The van der Waals surface area contributed by atoms with Gasteiger partial charge in [0.1, 0.15) is 12.7 Å². The number of hydrogen-bond acceptors (Lipinski definition) is 4. The number of aromatic nitrogens is 3. The van der Waals surface area contributed by atoms with E-state index in [0.717, 1.165) is 18.7 Å². The molecule has 0 atom stereocenters. The van der Waals surface area contributed by atoms with Crippen molar-refractivity contribution in [3.8, 4) is 0 Å². The molecule has 1 aromatic heterocycles. The molecule has 0 saturated carbocycles. The van der Waals surface area contributed by atoms with Gasteiger partial charge in [0, 0.05) is 18.8 Å². The van der Waals surface area contributed by atoms with Crippen LogP contribution in [-0.2, 0) is 6.54 Å². The molecule has 1 heterocycles. The maximum atomic E-state index is 4.25. The maximum Gasteiger partial charge on any atom is 0.141 e. The van der Waals surface area contributed by atoms with Gasteiger partial charge in [-0.05, 0) is 30.2 Å². The fraction of sp³-hybridized carbons (Fsp3) is 0.167. The highest BCUT2D eigenvalue weighted by atomic mass is 15.4. The van der Waals surface area contributed by atoms with E-state index < -0.39 is 0 Å². The van der Waals surface area contributed by atoms with Gasteiger partial charge in [-0.25, -0.2) is 4.68 Å². The van der Waals surface area contributed by atoms with Crippen molar-refractivity contribution in [3.05, 3.63) is 78.4 Å². The highest BCUT2D eigenvalue weighted by Gasteiger charge is 2.04. The van der Waals surface area contributed by atoms with Gasteiger partial charge in [-0.1, -0.05) is 42.5 Å². The van der Waals surface area contributed by atoms with Crippen molar-refractivity contribution in [1.82, 2.24) is 14.9 Å². The van der Waals surface area contributed by atoms with E-state index in [1.54, 1.807) is 23.5 Å². The molecule has 5 nitrogen and oxygen atoms in total. The molecule has 5 heteroatoms. The second-order valence-electron chi connectivity index (χ2n) is 5.18. The van der Waals surface area contributed by atoms with Crippen LogP contribution in [-0.4, -0.2) is 27.6 Å². The summed E-state index contributed by atoms with van der Waals surface area (Å²) in [5.74, 6) is 0. The molecular formula is C18H19N5. The van der Waals surface area contributed by atoms with Crippen LogP contribution in [0.1, 0.15) is 18.1 Å². The summed E-state index contributed by atoms with van der Waals surface area (Å²) in [5.41, 5.74) is 3.56. The van der Waals surface area contributed by atoms with E-state index in [2.05, 4.69) is 75.7 Å². The van der Waals surface area contributed by atoms with E-state index in [1.165, 1.54) is 11.3 Å². The molecule has 2 aromatic carbocycles. The van der Waals surface area contributed by atoms with Crippen molar-refractivity contribution in [2.24, 2.45) is 5.10 Å². The first-order chi connectivity index (χ1) is 11.3. The van der Waals surface area contributed by atoms with Crippen LogP contribution in [0.25, 0.3) is 0 Å². The monoisotopic (exact) mass is 305 g/mol. The Morgan fingerprint density at radius 1 is 1.00 bits per heavy atom. The largest absolute Gasteiger partial charge is 0.367 e. The fourth-order valence-electron chi connectivity index (χ4n) is 2.35. The van der Waals surface area contributed by atoms with E-state index in [4.69, 9.17) is 0 Å². The predicted octanol–water partition coefficient (Wildman–Crippen LogP) is 3.19. The smallest absolute Gasteiger partial charge is 0.141 e. The van der Waals surface area contributed by atoms with Gasteiger partial charge in [0.05, 0.1) is 6.21 Å². The molecule has 0 radical (unpaired) electrons. The van der Waals surface area contributed by atoms with E-state index >= 15 is 0 Å². The van der Waals surface area contributed by atoms with Gasteiger partial charge in [-0.2, -0.15) is 5.10 Å². The molecule has 0 N–H and O–H groups in total. The van der Waals surface area contributed by atoms with E-state index in [9.17, 15) is 0 Å². The summed E-state index contributed by atoms with van der Waals surface area (Å²) in [4.78, 5) is 2.34. The first-order valence-corrected chi connectivity index (χ1v) is 7.63. The van der Waals surface area contributed by atoms with Crippen molar-refractivity contribution < 1.29 is 0 Å². The van der Waals surface area contributed by atoms with Gasteiger partial charge in [-0.3, -0.25) is 0 Å². The standard InChI is InChI=1S/C18H19N5/c1-2-22(13-17-6-4-3-5-7-17)18-10-8-16(9-11-18)12-21-23-14-19-20-15-23/h3-12,14-15H,2,13H2,1H3. The zero-order chi connectivity index (χ0) is 15.9. The molecule has 0 aliphatic carbocycles. The summed E-state index contributed by atoms with van der Waals surface area (Å²) in [5, 5.41) is 11.7. The van der Waals surface area contributed by atoms with Crippen molar-refractivity contribution in [2.75, 3.05) is 11.4 Å². The van der Waals surface area contributed by atoms with Gasteiger partial charge in [0.25, 0.3) is 0 Å². The van der Waals surface area contributed by atoms with Gasteiger partial charge in [-0.15, -0.1) is 10.2 Å². The highest BCUT2D eigenvalue weighted by Crippen LogP contribution is 2.17. The predicted molar refractivity (Wildman–Crippen MR) is 92.6 cm³/mol. The number of benzene rings is 2. The fourth-order valence-corrected chi connectivity index (χ4v) is 2.35. The Morgan fingerprint density at radius 3 is 2.35 bits per heavy atom. The van der Waals surface area contributed by atoms with Crippen LogP contribution in [0.4, 0.5) is 5.69 Å². The van der Waals surface area contributed by atoms with Gasteiger partial charge < -0.3 is 4.90 Å². The molecule has 0 amide bonds. The lowest BCUT2D eigenvalue weighted by Crippen LogP contribution is -2.21. The Labute approximate surface area is 135 Å². The second-order valence-corrected chi connectivity index (χ2v) is 5.18. The second kappa shape index (κ2) is 7.35. The maximum absolute atomic E-state index is 4.25. The summed E-state index contributed by atoms with van der Waals surface area (Å²) < 4.78 is 1.57. The number of anilines is 1. The van der Waals surface area contributed by atoms with Gasteiger partial charge >= 0.3 is 0 Å². The first-order valence-electron chi connectivity index (χ1n) is 7.63. The molecule has 0 spiro atoms.